The predicted molar refractivity (Wildman–Crippen MR) is 46.8 cm³/mol. The van der Waals surface area contributed by atoms with Crippen LogP contribution in [-0.2, 0) is 0 Å². The molecule has 0 aliphatic rings. The van der Waals surface area contributed by atoms with Gasteiger partial charge in [0.15, 0.2) is 0 Å². The molecule has 0 heterocycles. The molecule has 0 unspecified atom stereocenters. The SMILES string of the molecule is [CH]=C(C)CCC(C)=CCC. The Morgan fingerprint density at radius 2 is 1.90 bits per heavy atom. The normalized spacial score (nSPS) is 11.7. The Hall–Kier alpha value is -0.520. The topological polar surface area (TPSA) is 0 Å². The highest BCUT2D eigenvalue weighted by atomic mass is 13.9. The van der Waals surface area contributed by atoms with Crippen LogP contribution in [0.3, 0.4) is 0 Å². The highest BCUT2D eigenvalue weighted by Gasteiger charge is 1.89. The van der Waals surface area contributed by atoms with Crippen LogP contribution in [0, 0.1) is 6.58 Å². The lowest BCUT2D eigenvalue weighted by Crippen LogP contribution is -1.78. The standard InChI is InChI=1S/C10H17/c1-5-6-10(4)8-7-9(2)3/h2,6H,5,7-8H2,1,3-4H3. The maximum Gasteiger partial charge on any atom is -0.0283 e. The second-order valence-electron chi connectivity index (χ2n) is 2.81. The highest BCUT2D eigenvalue weighted by molar-refractivity contribution is 5.00. The highest BCUT2D eigenvalue weighted by Crippen LogP contribution is 2.08. The maximum atomic E-state index is 5.53. The molecule has 0 atom stereocenters. The van der Waals surface area contributed by atoms with Crippen molar-refractivity contribution in [1.82, 2.24) is 0 Å². The molecule has 0 aliphatic heterocycles. The summed E-state index contributed by atoms with van der Waals surface area (Å²) < 4.78 is 0. The van der Waals surface area contributed by atoms with Gasteiger partial charge in [0.25, 0.3) is 0 Å². The Morgan fingerprint density at radius 1 is 1.30 bits per heavy atom. The lowest BCUT2D eigenvalue weighted by molar-refractivity contribution is 0.915. The Balaban J connectivity index is 3.48. The third-order valence-corrected chi connectivity index (χ3v) is 1.47. The van der Waals surface area contributed by atoms with E-state index >= 15 is 0 Å². The fourth-order valence-corrected chi connectivity index (χ4v) is 0.845. The van der Waals surface area contributed by atoms with Crippen molar-refractivity contribution in [3.63, 3.8) is 0 Å². The van der Waals surface area contributed by atoms with Crippen LogP contribution in [-0.4, -0.2) is 0 Å². The van der Waals surface area contributed by atoms with E-state index in [1.807, 2.05) is 6.92 Å². The first-order valence-corrected chi connectivity index (χ1v) is 3.90. The molecule has 1 radical (unpaired) electrons. The summed E-state index contributed by atoms with van der Waals surface area (Å²) >= 11 is 0. The molecule has 0 aliphatic carbocycles. The van der Waals surface area contributed by atoms with E-state index in [1.165, 1.54) is 5.57 Å². The molecule has 0 saturated carbocycles. The molecule has 0 aromatic rings. The third-order valence-electron chi connectivity index (χ3n) is 1.47. The van der Waals surface area contributed by atoms with E-state index in [2.05, 4.69) is 19.9 Å². The van der Waals surface area contributed by atoms with Gasteiger partial charge in [0.1, 0.15) is 0 Å². The first kappa shape index (κ1) is 9.48. The predicted octanol–water partition coefficient (Wildman–Crippen LogP) is 3.50. The molecule has 0 fully saturated rings. The van der Waals surface area contributed by atoms with E-state index in [0.29, 0.717) is 0 Å². The minimum absolute atomic E-state index is 1.03. The second kappa shape index (κ2) is 5.28. The molecule has 0 amide bonds. The van der Waals surface area contributed by atoms with Gasteiger partial charge in [-0.15, -0.1) is 0 Å². The molecule has 0 saturated heterocycles. The van der Waals surface area contributed by atoms with Crippen molar-refractivity contribution in [3.05, 3.63) is 23.8 Å². The number of hydrogen-bond donors (Lipinski definition) is 0. The van der Waals surface area contributed by atoms with Crippen molar-refractivity contribution < 1.29 is 0 Å². The lowest BCUT2D eigenvalue weighted by Gasteiger charge is -1.98. The van der Waals surface area contributed by atoms with Crippen LogP contribution in [0.2, 0.25) is 0 Å². The first-order valence-electron chi connectivity index (χ1n) is 3.90. The van der Waals surface area contributed by atoms with Crippen LogP contribution in [0.1, 0.15) is 40.0 Å². The minimum atomic E-state index is 1.03. The average Bonchev–Trinajstić information content (AvgIpc) is 1.85. The van der Waals surface area contributed by atoms with Gasteiger partial charge in [0.2, 0.25) is 0 Å². The zero-order valence-corrected chi connectivity index (χ0v) is 7.28. The molecule has 0 nitrogen and oxygen atoms in total. The Bertz CT molecular complexity index is 129. The molecule has 0 bridgehead atoms. The minimum Gasteiger partial charge on any atom is -0.0859 e. The van der Waals surface area contributed by atoms with Gasteiger partial charge in [-0.1, -0.05) is 30.7 Å². The molecule has 0 heteroatoms. The average molecular weight is 137 g/mol. The zero-order valence-electron chi connectivity index (χ0n) is 7.28. The van der Waals surface area contributed by atoms with Gasteiger partial charge < -0.3 is 0 Å². The molecular weight excluding hydrogens is 120 g/mol. The van der Waals surface area contributed by atoms with Crippen LogP contribution in [0.5, 0.6) is 0 Å². The molecule has 0 rings (SSSR count). The fraction of sp³-hybridized carbons (Fsp3) is 0.600. The number of rotatable bonds is 4. The summed E-state index contributed by atoms with van der Waals surface area (Å²) in [6.07, 6.45) is 5.54. The van der Waals surface area contributed by atoms with Gasteiger partial charge in [-0.25, -0.2) is 0 Å². The largest absolute Gasteiger partial charge is 0.0859 e. The third kappa shape index (κ3) is 5.61. The summed E-state index contributed by atoms with van der Waals surface area (Å²) in [7, 11) is 0. The summed E-state index contributed by atoms with van der Waals surface area (Å²) in [6.45, 7) is 11.8. The molecule has 0 aromatic heterocycles. The van der Waals surface area contributed by atoms with Crippen LogP contribution < -0.4 is 0 Å². The Morgan fingerprint density at radius 3 is 2.30 bits per heavy atom. The first-order chi connectivity index (χ1) is 4.66. The van der Waals surface area contributed by atoms with E-state index in [1.54, 1.807) is 0 Å². The van der Waals surface area contributed by atoms with Crippen molar-refractivity contribution in [2.45, 2.75) is 40.0 Å². The van der Waals surface area contributed by atoms with E-state index in [9.17, 15) is 0 Å². The van der Waals surface area contributed by atoms with Gasteiger partial charge in [-0.05, 0) is 33.1 Å². The van der Waals surface area contributed by atoms with Gasteiger partial charge in [-0.3, -0.25) is 0 Å². The van der Waals surface area contributed by atoms with E-state index in [-0.39, 0.29) is 0 Å². The number of allylic oxidation sites excluding steroid dienone is 3. The molecule has 0 aromatic carbocycles. The summed E-state index contributed by atoms with van der Waals surface area (Å²) in [5.74, 6) is 0. The van der Waals surface area contributed by atoms with Crippen LogP contribution in [0.25, 0.3) is 0 Å². The lowest BCUT2D eigenvalue weighted by atomic mass is 10.1. The maximum absolute atomic E-state index is 5.53. The van der Waals surface area contributed by atoms with Gasteiger partial charge >= 0.3 is 0 Å². The van der Waals surface area contributed by atoms with Crippen LogP contribution >= 0.6 is 0 Å². The van der Waals surface area contributed by atoms with Gasteiger partial charge in [0, 0.05) is 0 Å². The van der Waals surface area contributed by atoms with Crippen molar-refractivity contribution in [3.8, 4) is 0 Å². The van der Waals surface area contributed by atoms with Gasteiger partial charge in [-0.2, -0.15) is 0 Å². The van der Waals surface area contributed by atoms with Crippen molar-refractivity contribution in [2.75, 3.05) is 0 Å². The monoisotopic (exact) mass is 137 g/mol. The molecule has 57 valence electrons. The van der Waals surface area contributed by atoms with Crippen LogP contribution in [0.4, 0.5) is 0 Å². The molecule has 0 spiro atoms. The van der Waals surface area contributed by atoms with E-state index < -0.39 is 0 Å². The summed E-state index contributed by atoms with van der Waals surface area (Å²) in [6, 6.07) is 0. The smallest absolute Gasteiger partial charge is 0.0283 e. The van der Waals surface area contributed by atoms with E-state index in [0.717, 1.165) is 24.8 Å². The van der Waals surface area contributed by atoms with Crippen molar-refractivity contribution in [2.24, 2.45) is 0 Å². The fourth-order valence-electron chi connectivity index (χ4n) is 0.845. The number of hydrogen-bond acceptors (Lipinski definition) is 0. The summed E-state index contributed by atoms with van der Waals surface area (Å²) in [5.41, 5.74) is 2.48. The summed E-state index contributed by atoms with van der Waals surface area (Å²) in [4.78, 5) is 0. The quantitative estimate of drug-likeness (QED) is 0.520. The second-order valence-corrected chi connectivity index (χ2v) is 2.81. The molecule has 10 heavy (non-hydrogen) atoms. The van der Waals surface area contributed by atoms with Gasteiger partial charge in [0.05, 0.1) is 0 Å². The van der Waals surface area contributed by atoms with E-state index in [4.69, 9.17) is 6.58 Å². The Labute approximate surface area is 64.6 Å². The van der Waals surface area contributed by atoms with Crippen molar-refractivity contribution >= 4 is 0 Å². The molecule has 0 N–H and O–H groups in total. The summed E-state index contributed by atoms with van der Waals surface area (Å²) in [5, 5.41) is 0. The zero-order chi connectivity index (χ0) is 7.98. The molecular formula is C10H17. The van der Waals surface area contributed by atoms with Crippen molar-refractivity contribution in [1.29, 1.82) is 0 Å². The van der Waals surface area contributed by atoms with Crippen LogP contribution in [0.15, 0.2) is 17.2 Å². The Kier molecular flexibility index (Phi) is 5.00.